The van der Waals surface area contributed by atoms with Crippen LogP contribution in [0.15, 0.2) is 60.7 Å². The number of hydrogen-bond donors (Lipinski definition) is 1. The summed E-state index contributed by atoms with van der Waals surface area (Å²) in [5.74, 6) is -3.97. The quantitative estimate of drug-likeness (QED) is 0.139. The Morgan fingerprint density at radius 2 is 1.79 bits per heavy atom. The van der Waals surface area contributed by atoms with E-state index in [9.17, 15) is 29.1 Å². The molecule has 11 nitrogen and oxygen atoms in total. The van der Waals surface area contributed by atoms with Gasteiger partial charge in [0.2, 0.25) is 5.91 Å². The van der Waals surface area contributed by atoms with Crippen LogP contribution in [0.2, 0.25) is 0 Å². The summed E-state index contributed by atoms with van der Waals surface area (Å²) in [6.07, 6.45) is -1.48. The molecule has 3 rings (SSSR count). The zero-order valence-corrected chi connectivity index (χ0v) is 27.7. The molecule has 2 aromatic rings. The number of aliphatic hydroxyl groups excluding tert-OH is 1. The molecule has 47 heavy (non-hydrogen) atoms. The average molecular weight is 652 g/mol. The standard InChI is InChI=1S/C36H45NO10/c1-23(2)31-22-46-36(43)37(31)35(42)25(4)34(47-26(5)39)33(41)18-30(28-14-9-11-24(3)17-28)32(40)15-10-16-44-21-29(19-38)45-20-27-12-7-6-8-13-27/h6-9,11-14,17-18,23,25,29,31,34,38H,10,15-16,19-22H2,1-5H3/t25-,29+,31+,34-/m0/s1. The lowest BCUT2D eigenvalue weighted by Gasteiger charge is -2.28. The van der Waals surface area contributed by atoms with Gasteiger partial charge in [0.25, 0.3) is 0 Å². The van der Waals surface area contributed by atoms with E-state index in [4.69, 9.17) is 18.9 Å². The number of imide groups is 1. The van der Waals surface area contributed by atoms with E-state index in [1.807, 2.05) is 57.2 Å². The molecule has 0 spiro atoms. The maximum absolute atomic E-state index is 13.7. The Kier molecular flexibility index (Phi) is 14.5. The van der Waals surface area contributed by atoms with Gasteiger partial charge >= 0.3 is 12.1 Å². The molecule has 2 amide bonds. The topological polar surface area (TPSA) is 146 Å². The average Bonchev–Trinajstić information content (AvgIpc) is 3.44. The van der Waals surface area contributed by atoms with Crippen LogP contribution in [0.4, 0.5) is 4.79 Å². The van der Waals surface area contributed by atoms with Crippen LogP contribution in [0.1, 0.15) is 57.2 Å². The van der Waals surface area contributed by atoms with Crippen molar-refractivity contribution in [3.8, 4) is 0 Å². The Balaban J connectivity index is 1.72. The van der Waals surface area contributed by atoms with E-state index >= 15 is 0 Å². The van der Waals surface area contributed by atoms with E-state index in [-0.39, 0.29) is 50.1 Å². The molecule has 254 valence electrons. The van der Waals surface area contributed by atoms with Crippen molar-refractivity contribution in [3.63, 3.8) is 0 Å². The molecule has 11 heteroatoms. The summed E-state index contributed by atoms with van der Waals surface area (Å²) >= 11 is 0. The highest BCUT2D eigenvalue weighted by Crippen LogP contribution is 2.26. The number of Topliss-reactive ketones (excluding diaryl/α,β-unsaturated/α-hetero) is 1. The number of ketones is 2. The van der Waals surface area contributed by atoms with Gasteiger partial charge in [-0.2, -0.15) is 0 Å². The molecule has 0 radical (unpaired) electrons. The van der Waals surface area contributed by atoms with Crippen LogP contribution in [0.25, 0.3) is 5.57 Å². The summed E-state index contributed by atoms with van der Waals surface area (Å²) in [4.78, 5) is 66.2. The van der Waals surface area contributed by atoms with Gasteiger partial charge in [0, 0.05) is 25.5 Å². The molecule has 1 saturated heterocycles. The molecular weight excluding hydrogens is 606 g/mol. The van der Waals surface area contributed by atoms with Crippen molar-refractivity contribution in [1.29, 1.82) is 0 Å². The number of carbonyl (C=O) groups is 5. The third kappa shape index (κ3) is 10.9. The predicted octanol–water partition coefficient (Wildman–Crippen LogP) is 4.46. The van der Waals surface area contributed by atoms with Crippen LogP contribution in [0.5, 0.6) is 0 Å². The number of aryl methyl sites for hydroxylation is 1. The van der Waals surface area contributed by atoms with Crippen LogP contribution in [0, 0.1) is 18.8 Å². The number of ether oxygens (including phenoxy) is 4. The molecule has 1 heterocycles. The number of hydrogen-bond acceptors (Lipinski definition) is 10. The molecule has 0 unspecified atom stereocenters. The third-order valence-electron chi connectivity index (χ3n) is 7.77. The van der Waals surface area contributed by atoms with Crippen molar-refractivity contribution in [2.24, 2.45) is 11.8 Å². The lowest BCUT2D eigenvalue weighted by atomic mass is 9.92. The van der Waals surface area contributed by atoms with Gasteiger partial charge in [0.15, 0.2) is 17.7 Å². The SMILES string of the molecule is CC(=O)O[C@H](C(=O)C=C(C(=O)CCCOC[C@@H](CO)OCc1ccccc1)c1cccc(C)c1)[C@H](C)C(=O)N1C(=O)OC[C@@H]1C(C)C. The van der Waals surface area contributed by atoms with Crippen molar-refractivity contribution in [2.75, 3.05) is 26.4 Å². The van der Waals surface area contributed by atoms with Gasteiger partial charge in [-0.1, -0.05) is 74.0 Å². The molecule has 4 atom stereocenters. The number of nitrogens with zero attached hydrogens (tertiary/aromatic N) is 1. The van der Waals surface area contributed by atoms with Gasteiger partial charge in [0.1, 0.15) is 12.7 Å². The van der Waals surface area contributed by atoms with E-state index < -0.39 is 47.9 Å². The molecule has 1 aliphatic rings. The molecule has 1 aliphatic heterocycles. The van der Waals surface area contributed by atoms with Gasteiger partial charge in [-0.05, 0) is 43.4 Å². The normalized spacial score (nSPS) is 16.8. The minimum absolute atomic E-state index is 0.0259. The van der Waals surface area contributed by atoms with E-state index in [0.29, 0.717) is 18.6 Å². The van der Waals surface area contributed by atoms with Crippen LogP contribution < -0.4 is 0 Å². The van der Waals surface area contributed by atoms with Crippen molar-refractivity contribution in [3.05, 3.63) is 77.4 Å². The number of allylic oxidation sites excluding steroid dienone is 1. The molecule has 1 fully saturated rings. The van der Waals surface area contributed by atoms with Crippen molar-refractivity contribution < 1.29 is 48.0 Å². The number of rotatable bonds is 18. The maximum atomic E-state index is 13.7. The first kappa shape index (κ1) is 37.3. The Labute approximate surface area is 275 Å². The Morgan fingerprint density at radius 1 is 1.06 bits per heavy atom. The zero-order chi connectivity index (χ0) is 34.5. The molecule has 1 N–H and O–H groups in total. The Morgan fingerprint density at radius 3 is 2.43 bits per heavy atom. The fraction of sp³-hybridized carbons (Fsp3) is 0.472. The lowest BCUT2D eigenvalue weighted by molar-refractivity contribution is -0.158. The number of benzene rings is 2. The molecule has 0 aromatic heterocycles. The van der Waals surface area contributed by atoms with Gasteiger partial charge < -0.3 is 24.1 Å². The summed E-state index contributed by atoms with van der Waals surface area (Å²) in [6.45, 7) is 8.50. The summed E-state index contributed by atoms with van der Waals surface area (Å²) in [5.41, 5.74) is 2.41. The first-order valence-electron chi connectivity index (χ1n) is 15.8. The maximum Gasteiger partial charge on any atom is 0.416 e. The Bertz CT molecular complexity index is 1420. The highest BCUT2D eigenvalue weighted by molar-refractivity contribution is 6.25. The minimum Gasteiger partial charge on any atom is -0.453 e. The number of esters is 1. The van der Waals surface area contributed by atoms with E-state index in [1.165, 1.54) is 6.92 Å². The molecule has 0 aliphatic carbocycles. The smallest absolute Gasteiger partial charge is 0.416 e. The Hall–Kier alpha value is -4.19. The van der Waals surface area contributed by atoms with Crippen LogP contribution in [-0.4, -0.2) is 84.2 Å². The second-order valence-electron chi connectivity index (χ2n) is 11.9. The first-order valence-corrected chi connectivity index (χ1v) is 15.8. The van der Waals surface area contributed by atoms with Crippen molar-refractivity contribution in [1.82, 2.24) is 4.90 Å². The second kappa shape index (κ2) is 18.2. The predicted molar refractivity (Wildman–Crippen MR) is 173 cm³/mol. The second-order valence-corrected chi connectivity index (χ2v) is 11.9. The number of carbonyl (C=O) groups excluding carboxylic acids is 5. The highest BCUT2D eigenvalue weighted by Gasteiger charge is 2.44. The van der Waals surface area contributed by atoms with Gasteiger partial charge in [0.05, 0.1) is 31.8 Å². The number of amides is 2. The summed E-state index contributed by atoms with van der Waals surface area (Å²) in [5, 5.41) is 9.66. The first-order chi connectivity index (χ1) is 22.4. The highest BCUT2D eigenvalue weighted by atomic mass is 16.6. The fourth-order valence-corrected chi connectivity index (χ4v) is 5.10. The van der Waals surface area contributed by atoms with Crippen LogP contribution in [-0.2, 0) is 44.7 Å². The summed E-state index contributed by atoms with van der Waals surface area (Å²) in [6, 6.07) is 16.1. The van der Waals surface area contributed by atoms with Gasteiger partial charge in [-0.25, -0.2) is 9.69 Å². The molecular formula is C36H45NO10. The van der Waals surface area contributed by atoms with E-state index in [2.05, 4.69) is 0 Å². The van der Waals surface area contributed by atoms with E-state index in [1.54, 1.807) is 18.2 Å². The van der Waals surface area contributed by atoms with Gasteiger partial charge in [-0.15, -0.1) is 0 Å². The monoisotopic (exact) mass is 651 g/mol. The molecule has 2 aromatic carbocycles. The van der Waals surface area contributed by atoms with Gasteiger partial charge in [-0.3, -0.25) is 19.2 Å². The van der Waals surface area contributed by atoms with Crippen molar-refractivity contribution in [2.45, 2.75) is 72.3 Å². The minimum atomic E-state index is -1.58. The number of cyclic esters (lactones) is 1. The zero-order valence-electron chi connectivity index (χ0n) is 27.7. The fourth-order valence-electron chi connectivity index (χ4n) is 5.10. The molecule has 0 bridgehead atoms. The van der Waals surface area contributed by atoms with Crippen molar-refractivity contribution >= 4 is 35.1 Å². The van der Waals surface area contributed by atoms with Crippen LogP contribution in [0.3, 0.4) is 0 Å². The third-order valence-corrected chi connectivity index (χ3v) is 7.77. The van der Waals surface area contributed by atoms with E-state index in [0.717, 1.165) is 29.0 Å². The van der Waals surface area contributed by atoms with Crippen LogP contribution >= 0.6 is 0 Å². The summed E-state index contributed by atoms with van der Waals surface area (Å²) in [7, 11) is 0. The lowest BCUT2D eigenvalue weighted by Crippen LogP contribution is -2.48. The number of aliphatic hydroxyl groups is 1. The largest absolute Gasteiger partial charge is 0.453 e. The summed E-state index contributed by atoms with van der Waals surface area (Å²) < 4.78 is 21.8. The molecule has 0 saturated carbocycles.